The molecule has 5 heteroatoms. The van der Waals surface area contributed by atoms with Gasteiger partial charge in [-0.1, -0.05) is 84.9 Å². The first-order valence-corrected chi connectivity index (χ1v) is 14.1. The van der Waals surface area contributed by atoms with E-state index in [4.69, 9.17) is 9.47 Å². The summed E-state index contributed by atoms with van der Waals surface area (Å²) in [5, 5.41) is 0. The van der Waals surface area contributed by atoms with Gasteiger partial charge in [0.25, 0.3) is 0 Å². The molecule has 0 radical (unpaired) electrons. The molecule has 42 heavy (non-hydrogen) atoms. The van der Waals surface area contributed by atoms with Crippen LogP contribution in [0.3, 0.4) is 0 Å². The van der Waals surface area contributed by atoms with Crippen molar-refractivity contribution in [2.75, 3.05) is 31.0 Å². The second kappa shape index (κ2) is 11.8. The number of carbonyl (C=O) groups is 1. The van der Waals surface area contributed by atoms with E-state index in [2.05, 4.69) is 94.7 Å². The van der Waals surface area contributed by atoms with Gasteiger partial charge in [-0.15, -0.1) is 0 Å². The molecular weight excluding hydrogens is 520 g/mol. The number of fused-ring (bicyclic) bond motifs is 2. The maximum absolute atomic E-state index is 13.0. The van der Waals surface area contributed by atoms with Crippen LogP contribution in [0, 0.1) is 0 Å². The Kier molecular flexibility index (Phi) is 7.65. The molecular formula is C37H34N2O3. The lowest BCUT2D eigenvalue weighted by molar-refractivity contribution is 0.0599. The molecule has 0 N–H and O–H groups in total. The fourth-order valence-electron chi connectivity index (χ4n) is 5.69. The molecule has 5 nitrogen and oxygen atoms in total. The van der Waals surface area contributed by atoms with Crippen LogP contribution >= 0.6 is 0 Å². The Morgan fingerprint density at radius 2 is 1.29 bits per heavy atom. The van der Waals surface area contributed by atoms with Crippen molar-refractivity contribution >= 4 is 17.3 Å². The van der Waals surface area contributed by atoms with Crippen LogP contribution in [0.5, 0.6) is 11.5 Å². The van der Waals surface area contributed by atoms with Crippen LogP contribution in [0.4, 0.5) is 11.4 Å². The van der Waals surface area contributed by atoms with Crippen molar-refractivity contribution in [1.29, 1.82) is 0 Å². The Morgan fingerprint density at radius 1 is 0.667 bits per heavy atom. The summed E-state index contributed by atoms with van der Waals surface area (Å²) in [6.45, 7) is 1.50. The van der Waals surface area contributed by atoms with E-state index in [1.807, 2.05) is 50.5 Å². The molecule has 5 aromatic carbocycles. The highest BCUT2D eigenvalue weighted by Crippen LogP contribution is 2.50. The van der Waals surface area contributed by atoms with Crippen molar-refractivity contribution in [3.05, 3.63) is 155 Å². The van der Waals surface area contributed by atoms with Gasteiger partial charge in [-0.25, -0.2) is 4.79 Å². The Morgan fingerprint density at radius 3 is 1.93 bits per heavy atom. The number of esters is 1. The first kappa shape index (κ1) is 27.2. The van der Waals surface area contributed by atoms with Crippen LogP contribution in [0.25, 0.3) is 0 Å². The highest BCUT2D eigenvalue weighted by Gasteiger charge is 2.32. The predicted molar refractivity (Wildman–Crippen MR) is 169 cm³/mol. The summed E-state index contributed by atoms with van der Waals surface area (Å²) in [5.41, 5.74) is 8.07. The van der Waals surface area contributed by atoms with Gasteiger partial charge >= 0.3 is 5.97 Å². The predicted octanol–water partition coefficient (Wildman–Crippen LogP) is 8.03. The van der Waals surface area contributed by atoms with Gasteiger partial charge in [0.15, 0.2) is 0 Å². The van der Waals surface area contributed by atoms with Crippen LogP contribution in [-0.2, 0) is 17.8 Å². The van der Waals surface area contributed by atoms with Crippen LogP contribution in [0.2, 0.25) is 0 Å². The molecule has 210 valence electrons. The highest BCUT2D eigenvalue weighted by atomic mass is 16.5. The molecule has 0 bridgehead atoms. The third-order valence-corrected chi connectivity index (χ3v) is 7.82. The Labute approximate surface area is 247 Å². The average Bonchev–Trinajstić information content (AvgIpc) is 3.03. The number of methoxy groups -OCH3 is 1. The maximum Gasteiger partial charge on any atom is 0.338 e. The van der Waals surface area contributed by atoms with Gasteiger partial charge in [0.1, 0.15) is 11.5 Å². The SMILES string of the molecule is COC(=O)c1ccccc1C1c2ccc(N(C)C)cc2Oc2ccc(N(Cc3ccccc3)Cc3ccccc3)cc21. The summed E-state index contributed by atoms with van der Waals surface area (Å²) in [4.78, 5) is 17.4. The molecule has 1 aliphatic heterocycles. The largest absolute Gasteiger partial charge is 0.465 e. The zero-order chi connectivity index (χ0) is 29.1. The summed E-state index contributed by atoms with van der Waals surface area (Å²) < 4.78 is 11.8. The second-order valence-corrected chi connectivity index (χ2v) is 10.8. The quantitative estimate of drug-likeness (QED) is 0.178. The zero-order valence-corrected chi connectivity index (χ0v) is 24.2. The third kappa shape index (κ3) is 5.46. The van der Waals surface area contributed by atoms with Crippen molar-refractivity contribution in [2.45, 2.75) is 19.0 Å². The second-order valence-electron chi connectivity index (χ2n) is 10.8. The van der Waals surface area contributed by atoms with Crippen LogP contribution < -0.4 is 14.5 Å². The molecule has 1 atom stereocenters. The summed E-state index contributed by atoms with van der Waals surface area (Å²) in [6.07, 6.45) is 0. The molecule has 6 rings (SSSR count). The lowest BCUT2D eigenvalue weighted by atomic mass is 9.80. The standard InChI is InChI=1S/C37H34N2O3/c1-38(2)28-18-20-32-35(23-28)42-34-21-19-29(22-33(34)36(32)30-16-10-11-17-31(30)37(40)41-3)39(24-26-12-6-4-7-13-26)25-27-14-8-5-9-15-27/h4-23,36H,24-25H2,1-3H3. The smallest absolute Gasteiger partial charge is 0.338 e. The van der Waals surface area contributed by atoms with E-state index in [0.29, 0.717) is 5.56 Å². The normalized spacial score (nSPS) is 13.4. The Hall–Kier alpha value is -5.03. The van der Waals surface area contributed by atoms with E-state index in [1.165, 1.54) is 18.2 Å². The molecule has 0 spiro atoms. The van der Waals surface area contributed by atoms with Crippen molar-refractivity contribution in [1.82, 2.24) is 0 Å². The minimum Gasteiger partial charge on any atom is -0.465 e. The molecule has 1 heterocycles. The van der Waals surface area contributed by atoms with Crippen molar-refractivity contribution < 1.29 is 14.3 Å². The van der Waals surface area contributed by atoms with Crippen LogP contribution in [-0.4, -0.2) is 27.2 Å². The third-order valence-electron chi connectivity index (χ3n) is 7.82. The number of benzene rings is 5. The van der Waals surface area contributed by atoms with Gasteiger partial charge in [-0.2, -0.15) is 0 Å². The molecule has 0 saturated carbocycles. The number of hydrogen-bond donors (Lipinski definition) is 0. The number of anilines is 2. The Bertz CT molecular complexity index is 1660. The maximum atomic E-state index is 13.0. The van der Waals surface area contributed by atoms with Gasteiger partial charge in [0, 0.05) is 61.7 Å². The molecule has 0 fully saturated rings. The number of hydrogen-bond acceptors (Lipinski definition) is 5. The van der Waals surface area contributed by atoms with Gasteiger partial charge in [-0.05, 0) is 47.0 Å². The molecule has 0 amide bonds. The summed E-state index contributed by atoms with van der Waals surface area (Å²) >= 11 is 0. The first-order chi connectivity index (χ1) is 20.5. The first-order valence-electron chi connectivity index (χ1n) is 14.1. The number of nitrogens with zero attached hydrogens (tertiary/aromatic N) is 2. The summed E-state index contributed by atoms with van der Waals surface area (Å²) in [5.74, 6) is 1.00. The van der Waals surface area contributed by atoms with E-state index < -0.39 is 0 Å². The van der Waals surface area contributed by atoms with E-state index in [0.717, 1.165) is 52.7 Å². The lowest BCUT2D eigenvalue weighted by Gasteiger charge is -2.32. The van der Waals surface area contributed by atoms with E-state index in [-0.39, 0.29) is 11.9 Å². The van der Waals surface area contributed by atoms with E-state index in [1.54, 1.807) is 0 Å². The van der Waals surface area contributed by atoms with Crippen molar-refractivity contribution in [3.63, 3.8) is 0 Å². The number of rotatable bonds is 8. The molecule has 0 saturated heterocycles. The number of ether oxygens (including phenoxy) is 2. The van der Waals surface area contributed by atoms with E-state index >= 15 is 0 Å². The van der Waals surface area contributed by atoms with Gasteiger partial charge < -0.3 is 19.3 Å². The average molecular weight is 555 g/mol. The van der Waals surface area contributed by atoms with Crippen LogP contribution in [0.15, 0.2) is 121 Å². The molecule has 1 aliphatic rings. The fourth-order valence-corrected chi connectivity index (χ4v) is 5.69. The zero-order valence-electron chi connectivity index (χ0n) is 24.2. The fraction of sp³-hybridized carbons (Fsp3) is 0.162. The molecule has 0 aliphatic carbocycles. The topological polar surface area (TPSA) is 42.0 Å². The van der Waals surface area contributed by atoms with Crippen LogP contribution in [0.1, 0.15) is 44.1 Å². The van der Waals surface area contributed by atoms with E-state index in [9.17, 15) is 4.79 Å². The summed E-state index contributed by atoms with van der Waals surface area (Å²) in [7, 11) is 5.46. The minimum absolute atomic E-state index is 0.217. The molecule has 1 unspecified atom stereocenters. The lowest BCUT2D eigenvalue weighted by Crippen LogP contribution is -2.23. The minimum atomic E-state index is -0.351. The van der Waals surface area contributed by atoms with Crippen molar-refractivity contribution in [2.24, 2.45) is 0 Å². The Balaban J connectivity index is 1.50. The van der Waals surface area contributed by atoms with Gasteiger partial charge in [0.05, 0.1) is 12.7 Å². The van der Waals surface area contributed by atoms with Gasteiger partial charge in [-0.3, -0.25) is 0 Å². The highest BCUT2D eigenvalue weighted by molar-refractivity contribution is 5.92. The monoisotopic (exact) mass is 554 g/mol. The molecule has 5 aromatic rings. The number of carbonyl (C=O) groups excluding carboxylic acids is 1. The van der Waals surface area contributed by atoms with Gasteiger partial charge in [0.2, 0.25) is 0 Å². The summed E-state index contributed by atoms with van der Waals surface area (Å²) in [6, 6.07) is 41.5. The molecule has 0 aromatic heterocycles. The van der Waals surface area contributed by atoms with Crippen molar-refractivity contribution in [3.8, 4) is 11.5 Å².